The van der Waals surface area contributed by atoms with Crippen LogP contribution in [0.4, 0.5) is 0 Å². The summed E-state index contributed by atoms with van der Waals surface area (Å²) in [5.74, 6) is -0.773. The van der Waals surface area contributed by atoms with Crippen LogP contribution in [0.1, 0.15) is 12.8 Å². The van der Waals surface area contributed by atoms with E-state index in [1.165, 1.54) is 0 Å². The van der Waals surface area contributed by atoms with E-state index in [0.29, 0.717) is 13.0 Å². The third kappa shape index (κ3) is 9.85. The van der Waals surface area contributed by atoms with Crippen LogP contribution in [-0.2, 0) is 4.79 Å². The van der Waals surface area contributed by atoms with Crippen molar-refractivity contribution < 1.29 is 9.90 Å². The molecule has 0 atom stereocenters. The van der Waals surface area contributed by atoms with Gasteiger partial charge in [0, 0.05) is 6.42 Å². The molecule has 8 heavy (non-hydrogen) atoms. The summed E-state index contributed by atoms with van der Waals surface area (Å²) in [7, 11) is 0. The number of hydrogen-bond donors (Lipinski definition) is 2. The summed E-state index contributed by atoms with van der Waals surface area (Å²) in [6, 6.07) is 0. The van der Waals surface area contributed by atoms with Crippen molar-refractivity contribution in [1.29, 1.82) is 0 Å². The molecule has 0 saturated heterocycles. The van der Waals surface area contributed by atoms with Gasteiger partial charge in [-0.3, -0.25) is 4.79 Å². The van der Waals surface area contributed by atoms with Crippen LogP contribution in [0.5, 0.6) is 0 Å². The van der Waals surface area contributed by atoms with E-state index in [1.54, 1.807) is 0 Å². The molecule has 0 aliphatic carbocycles. The van der Waals surface area contributed by atoms with Crippen LogP contribution in [0.15, 0.2) is 0 Å². The SMILES string of the molecule is NCCCC(=O)O.[CaH2]. The number of nitrogens with two attached hydrogens (primary N) is 1. The Kier molecular flexibility index (Phi) is 11.0. The molecule has 0 rings (SSSR count). The van der Waals surface area contributed by atoms with Crippen molar-refractivity contribution in [2.75, 3.05) is 6.54 Å². The van der Waals surface area contributed by atoms with E-state index in [9.17, 15) is 4.79 Å². The minimum atomic E-state index is -0.773. The number of aliphatic carboxylic acids is 1. The Bertz CT molecular complexity index is 67.1. The van der Waals surface area contributed by atoms with Gasteiger partial charge in [0.1, 0.15) is 0 Å². The van der Waals surface area contributed by atoms with E-state index in [4.69, 9.17) is 10.8 Å². The van der Waals surface area contributed by atoms with Gasteiger partial charge in [-0.15, -0.1) is 0 Å². The van der Waals surface area contributed by atoms with Gasteiger partial charge in [-0.05, 0) is 13.0 Å². The van der Waals surface area contributed by atoms with Crippen molar-refractivity contribution >= 4 is 43.7 Å². The minimum absolute atomic E-state index is 0. The van der Waals surface area contributed by atoms with Crippen LogP contribution in [0.25, 0.3) is 0 Å². The summed E-state index contributed by atoms with van der Waals surface area (Å²) < 4.78 is 0. The monoisotopic (exact) mass is 145 g/mol. The quantitative estimate of drug-likeness (QED) is 0.495. The van der Waals surface area contributed by atoms with Gasteiger partial charge in [-0.25, -0.2) is 0 Å². The Morgan fingerprint density at radius 1 is 1.62 bits per heavy atom. The first-order chi connectivity index (χ1) is 3.27. The maximum atomic E-state index is 9.70. The van der Waals surface area contributed by atoms with E-state index >= 15 is 0 Å². The molecule has 46 valence electrons. The van der Waals surface area contributed by atoms with Crippen LogP contribution in [-0.4, -0.2) is 55.4 Å². The number of hydrogen-bond acceptors (Lipinski definition) is 2. The maximum absolute atomic E-state index is 9.70. The normalized spacial score (nSPS) is 7.62. The molecule has 0 spiro atoms. The molecule has 0 amide bonds. The molecule has 0 fully saturated rings. The number of carbonyl (C=O) groups is 1. The first-order valence-corrected chi connectivity index (χ1v) is 2.19. The van der Waals surface area contributed by atoms with Crippen LogP contribution < -0.4 is 5.73 Å². The molecule has 0 heterocycles. The first-order valence-electron chi connectivity index (χ1n) is 2.19. The third-order valence-electron chi connectivity index (χ3n) is 0.595. The zero-order chi connectivity index (χ0) is 5.70. The Morgan fingerprint density at radius 3 is 2.25 bits per heavy atom. The van der Waals surface area contributed by atoms with Crippen LogP contribution in [0.2, 0.25) is 0 Å². The number of carboxylic acids is 1. The topological polar surface area (TPSA) is 63.3 Å². The van der Waals surface area contributed by atoms with E-state index in [1.807, 2.05) is 0 Å². The average molecular weight is 145 g/mol. The molecule has 0 aromatic carbocycles. The Labute approximate surface area is 78.2 Å². The second kappa shape index (κ2) is 7.69. The van der Waals surface area contributed by atoms with E-state index in [2.05, 4.69) is 0 Å². The fourth-order valence-electron chi connectivity index (χ4n) is 0.253. The summed E-state index contributed by atoms with van der Waals surface area (Å²) in [5, 5.41) is 7.99. The molecule has 0 saturated carbocycles. The van der Waals surface area contributed by atoms with Crippen LogP contribution in [0, 0.1) is 0 Å². The number of rotatable bonds is 3. The van der Waals surface area contributed by atoms with E-state index < -0.39 is 5.97 Å². The Balaban J connectivity index is 0. The third-order valence-corrected chi connectivity index (χ3v) is 0.595. The fraction of sp³-hybridized carbons (Fsp3) is 0.750. The number of carboxylic acid groups (broad SMARTS) is 1. The van der Waals surface area contributed by atoms with Gasteiger partial charge in [0.25, 0.3) is 0 Å². The van der Waals surface area contributed by atoms with E-state index in [0.717, 1.165) is 0 Å². The fourth-order valence-corrected chi connectivity index (χ4v) is 0.253. The van der Waals surface area contributed by atoms with Gasteiger partial charge in [-0.2, -0.15) is 0 Å². The Hall–Kier alpha value is 0.690. The zero-order valence-corrected chi connectivity index (χ0v) is 4.05. The summed E-state index contributed by atoms with van der Waals surface area (Å²) in [5.41, 5.74) is 5.01. The molecule has 0 radical (unpaired) electrons. The van der Waals surface area contributed by atoms with Gasteiger partial charge < -0.3 is 10.8 Å². The van der Waals surface area contributed by atoms with Gasteiger partial charge in [0.05, 0.1) is 0 Å². The molecule has 4 heteroatoms. The van der Waals surface area contributed by atoms with E-state index in [-0.39, 0.29) is 44.2 Å². The molecule has 3 nitrogen and oxygen atoms in total. The molecule has 0 unspecified atom stereocenters. The molecular weight excluding hydrogens is 134 g/mol. The molecule has 0 aromatic rings. The standard InChI is InChI=1S/C4H9NO2.Ca.2H/c5-3-1-2-4(6)7;;;/h1-3,5H2,(H,6,7);;;. The van der Waals surface area contributed by atoms with Crippen molar-refractivity contribution in [3.8, 4) is 0 Å². The van der Waals surface area contributed by atoms with Crippen molar-refractivity contribution in [2.24, 2.45) is 5.73 Å². The van der Waals surface area contributed by atoms with Gasteiger partial charge >= 0.3 is 43.7 Å². The van der Waals surface area contributed by atoms with Gasteiger partial charge in [0.15, 0.2) is 0 Å². The molecule has 3 N–H and O–H groups in total. The second-order valence-corrected chi connectivity index (χ2v) is 1.29. The summed E-state index contributed by atoms with van der Waals surface area (Å²) in [6.45, 7) is 0.465. The zero-order valence-electron chi connectivity index (χ0n) is 4.05. The molecule has 0 aliphatic heterocycles. The van der Waals surface area contributed by atoms with Crippen molar-refractivity contribution in [2.45, 2.75) is 12.8 Å². The molecule has 0 aromatic heterocycles. The summed E-state index contributed by atoms with van der Waals surface area (Å²) in [4.78, 5) is 9.70. The van der Waals surface area contributed by atoms with Crippen LogP contribution >= 0.6 is 0 Å². The predicted octanol–water partition coefficient (Wildman–Crippen LogP) is -1.11. The van der Waals surface area contributed by atoms with Gasteiger partial charge in [-0.1, -0.05) is 0 Å². The summed E-state index contributed by atoms with van der Waals surface area (Å²) >= 11 is 0. The molecule has 0 aliphatic rings. The second-order valence-electron chi connectivity index (χ2n) is 1.29. The van der Waals surface area contributed by atoms with Crippen molar-refractivity contribution in [3.05, 3.63) is 0 Å². The van der Waals surface area contributed by atoms with Gasteiger partial charge in [0.2, 0.25) is 0 Å². The molecular formula is C4H11CaNO2. The predicted molar refractivity (Wildman–Crippen MR) is 34.5 cm³/mol. The average Bonchev–Trinajstić information content (AvgIpc) is 1.61. The summed E-state index contributed by atoms with van der Waals surface area (Å²) in [6.07, 6.45) is 0.770. The molecule has 0 bridgehead atoms. The van der Waals surface area contributed by atoms with Crippen molar-refractivity contribution in [1.82, 2.24) is 0 Å². The Morgan fingerprint density at radius 2 is 2.12 bits per heavy atom. The first kappa shape index (κ1) is 11.5. The van der Waals surface area contributed by atoms with Crippen LogP contribution in [0.3, 0.4) is 0 Å². The van der Waals surface area contributed by atoms with Crippen molar-refractivity contribution in [3.63, 3.8) is 0 Å².